The van der Waals surface area contributed by atoms with Crippen molar-refractivity contribution in [2.45, 2.75) is 44.3 Å². The molecular formula is C12H14O5. The van der Waals surface area contributed by atoms with Gasteiger partial charge in [-0.05, 0) is 13.8 Å². The van der Waals surface area contributed by atoms with Crippen LogP contribution in [0.15, 0.2) is 0 Å². The predicted octanol–water partition coefficient (Wildman–Crippen LogP) is 0.643. The highest BCUT2D eigenvalue weighted by molar-refractivity contribution is 5.20. The molecule has 5 heteroatoms. The van der Waals surface area contributed by atoms with Crippen LogP contribution in [-0.2, 0) is 23.7 Å². The maximum absolute atomic E-state index is 6.13. The van der Waals surface area contributed by atoms with Gasteiger partial charge in [0.2, 0.25) is 0 Å². The Balaban J connectivity index is 1.66. The highest BCUT2D eigenvalue weighted by atomic mass is 16.9. The van der Waals surface area contributed by atoms with Crippen LogP contribution in [0.2, 0.25) is 0 Å². The van der Waals surface area contributed by atoms with E-state index in [9.17, 15) is 0 Å². The smallest absolute Gasteiger partial charge is 0.175 e. The molecule has 1 aliphatic carbocycles. The molecule has 0 aromatic carbocycles. The van der Waals surface area contributed by atoms with E-state index in [4.69, 9.17) is 23.7 Å². The average Bonchev–Trinajstić information content (AvgIpc) is 2.90. The van der Waals surface area contributed by atoms with Crippen LogP contribution in [0.1, 0.15) is 13.8 Å². The van der Waals surface area contributed by atoms with Gasteiger partial charge in [0.15, 0.2) is 30.4 Å². The average molecular weight is 238 g/mol. The van der Waals surface area contributed by atoms with Crippen molar-refractivity contribution in [3.05, 3.63) is 0 Å². The minimum atomic E-state index is -0.519. The fourth-order valence-corrected chi connectivity index (χ4v) is 5.71. The van der Waals surface area contributed by atoms with Crippen LogP contribution >= 0.6 is 0 Å². The van der Waals surface area contributed by atoms with Gasteiger partial charge in [-0.3, -0.25) is 0 Å². The number of ether oxygens (including phenoxy) is 5. The zero-order valence-corrected chi connectivity index (χ0v) is 9.66. The van der Waals surface area contributed by atoms with Crippen molar-refractivity contribution < 1.29 is 23.7 Å². The lowest BCUT2D eigenvalue weighted by Crippen LogP contribution is -2.39. The minimum absolute atomic E-state index is 0.111. The highest BCUT2D eigenvalue weighted by Gasteiger charge is 2.85. The van der Waals surface area contributed by atoms with Crippen molar-refractivity contribution in [3.63, 3.8) is 0 Å². The zero-order chi connectivity index (χ0) is 11.2. The molecule has 0 aromatic rings. The Kier molecular flexibility index (Phi) is 1.08. The van der Waals surface area contributed by atoms with E-state index in [1.54, 1.807) is 0 Å². The molecule has 0 spiro atoms. The van der Waals surface area contributed by atoms with Gasteiger partial charge in [0.05, 0.1) is 0 Å². The summed E-state index contributed by atoms with van der Waals surface area (Å²) in [5.74, 6) is 1.11. The molecule has 5 heterocycles. The SMILES string of the molecule is C[C@@]12O[C@@H]3OC4O[C@@H]5O[C@](C)(O1)[C@H]1[C@@H]5C4[C@@H]3[C@H]12. The van der Waals surface area contributed by atoms with Crippen LogP contribution in [0.3, 0.4) is 0 Å². The van der Waals surface area contributed by atoms with Crippen LogP contribution in [0.25, 0.3) is 0 Å². The molecule has 6 rings (SSSR count). The molecule has 5 saturated heterocycles. The van der Waals surface area contributed by atoms with Crippen LogP contribution in [0, 0.1) is 29.6 Å². The second-order valence-corrected chi connectivity index (χ2v) is 6.53. The van der Waals surface area contributed by atoms with Crippen LogP contribution in [0.5, 0.6) is 0 Å². The Morgan fingerprint density at radius 3 is 1.76 bits per heavy atom. The van der Waals surface area contributed by atoms with Gasteiger partial charge in [-0.25, -0.2) is 0 Å². The van der Waals surface area contributed by atoms with Crippen LogP contribution in [0.4, 0.5) is 0 Å². The van der Waals surface area contributed by atoms with E-state index in [0.29, 0.717) is 29.6 Å². The standard InChI is InChI=1S/C12H14O5/c1-11-6-4-3-5-7(6)12(2,17-11)16-10(5)14-8(3)13-9(4)15-11/h3-10H,1-2H3/t3?,4-,5+,6-,7+,8?,9+,10-,11-,12-/m1/s1. The number of rotatable bonds is 0. The van der Waals surface area contributed by atoms with Crippen LogP contribution in [-0.4, -0.2) is 30.4 Å². The molecule has 10 atom stereocenters. The Morgan fingerprint density at radius 1 is 0.706 bits per heavy atom. The van der Waals surface area contributed by atoms with Crippen LogP contribution < -0.4 is 0 Å². The largest absolute Gasteiger partial charge is 0.323 e. The minimum Gasteiger partial charge on any atom is -0.323 e. The second-order valence-electron chi connectivity index (χ2n) is 6.53. The molecule has 5 aliphatic heterocycles. The molecule has 17 heavy (non-hydrogen) atoms. The monoisotopic (exact) mass is 238 g/mol. The molecule has 0 aromatic heterocycles. The van der Waals surface area contributed by atoms with Gasteiger partial charge in [-0.15, -0.1) is 0 Å². The fourth-order valence-electron chi connectivity index (χ4n) is 5.71. The quantitative estimate of drug-likeness (QED) is 0.620. The maximum Gasteiger partial charge on any atom is 0.175 e. The molecule has 0 amide bonds. The molecule has 92 valence electrons. The predicted molar refractivity (Wildman–Crippen MR) is 51.0 cm³/mol. The maximum atomic E-state index is 6.13. The summed E-state index contributed by atoms with van der Waals surface area (Å²) in [6, 6.07) is 0. The van der Waals surface area contributed by atoms with Crippen molar-refractivity contribution >= 4 is 0 Å². The molecule has 5 nitrogen and oxygen atoms in total. The molecule has 0 radical (unpaired) electrons. The third-order valence-electron chi connectivity index (χ3n) is 5.90. The van der Waals surface area contributed by atoms with E-state index in [1.807, 2.05) is 13.8 Å². The first kappa shape index (κ1) is 8.82. The molecule has 1 saturated carbocycles. The summed E-state index contributed by atoms with van der Waals surface area (Å²) >= 11 is 0. The Labute approximate surface area is 98.3 Å². The van der Waals surface area contributed by atoms with Crippen molar-refractivity contribution in [2.75, 3.05) is 0 Å². The lowest BCUT2D eigenvalue weighted by molar-refractivity contribution is -0.377. The summed E-state index contributed by atoms with van der Waals surface area (Å²) in [5.41, 5.74) is 0. The van der Waals surface area contributed by atoms with Gasteiger partial charge in [0.1, 0.15) is 0 Å². The van der Waals surface area contributed by atoms with E-state index in [1.165, 1.54) is 0 Å². The number of hydrogen-bond donors (Lipinski definition) is 0. The molecular weight excluding hydrogens is 224 g/mol. The summed E-state index contributed by atoms with van der Waals surface area (Å²) in [6.07, 6.45) is -0.369. The second kappa shape index (κ2) is 2.08. The summed E-state index contributed by atoms with van der Waals surface area (Å²) in [6.45, 7) is 4.08. The lowest BCUT2D eigenvalue weighted by Gasteiger charge is -2.31. The summed E-state index contributed by atoms with van der Waals surface area (Å²) < 4.78 is 29.8. The van der Waals surface area contributed by atoms with E-state index >= 15 is 0 Å². The summed E-state index contributed by atoms with van der Waals surface area (Å²) in [5, 5.41) is 0. The van der Waals surface area contributed by atoms with Gasteiger partial charge in [-0.2, -0.15) is 0 Å². The molecule has 6 fully saturated rings. The first-order valence-corrected chi connectivity index (χ1v) is 6.47. The van der Waals surface area contributed by atoms with Gasteiger partial charge in [-0.1, -0.05) is 0 Å². The third-order valence-corrected chi connectivity index (χ3v) is 5.90. The molecule has 2 unspecified atom stereocenters. The molecule has 6 aliphatic rings. The molecule has 0 N–H and O–H groups in total. The first-order valence-electron chi connectivity index (χ1n) is 6.47. The van der Waals surface area contributed by atoms with Gasteiger partial charge >= 0.3 is 0 Å². The summed E-state index contributed by atoms with van der Waals surface area (Å²) in [4.78, 5) is 0. The Morgan fingerprint density at radius 2 is 1.24 bits per heavy atom. The van der Waals surface area contributed by atoms with Gasteiger partial charge in [0.25, 0.3) is 0 Å². The normalized spacial score (nSPS) is 80.8. The summed E-state index contributed by atoms with van der Waals surface area (Å²) in [7, 11) is 0. The van der Waals surface area contributed by atoms with Gasteiger partial charge < -0.3 is 23.7 Å². The van der Waals surface area contributed by atoms with Crippen molar-refractivity contribution in [1.29, 1.82) is 0 Å². The Bertz CT molecular complexity index is 416. The van der Waals surface area contributed by atoms with E-state index < -0.39 is 11.6 Å². The Hall–Kier alpha value is -0.200. The zero-order valence-electron chi connectivity index (χ0n) is 9.66. The van der Waals surface area contributed by atoms with Gasteiger partial charge in [0, 0.05) is 29.6 Å². The van der Waals surface area contributed by atoms with Crippen molar-refractivity contribution in [1.82, 2.24) is 0 Å². The van der Waals surface area contributed by atoms with Crippen molar-refractivity contribution in [2.24, 2.45) is 29.6 Å². The van der Waals surface area contributed by atoms with E-state index in [0.717, 1.165) is 0 Å². The van der Waals surface area contributed by atoms with E-state index in [2.05, 4.69) is 0 Å². The lowest BCUT2D eigenvalue weighted by atomic mass is 9.83. The first-order chi connectivity index (χ1) is 8.11. The topological polar surface area (TPSA) is 46.2 Å². The van der Waals surface area contributed by atoms with Crippen molar-refractivity contribution in [3.8, 4) is 0 Å². The fraction of sp³-hybridized carbons (Fsp3) is 1.00. The van der Waals surface area contributed by atoms with E-state index in [-0.39, 0.29) is 18.9 Å². The number of hydrogen-bond acceptors (Lipinski definition) is 5. The molecule has 0 bridgehead atoms. The highest BCUT2D eigenvalue weighted by Crippen LogP contribution is 2.75. The third kappa shape index (κ3) is 0.655.